The summed E-state index contributed by atoms with van der Waals surface area (Å²) in [5.41, 5.74) is 12.9. The van der Waals surface area contributed by atoms with Gasteiger partial charge in [-0.1, -0.05) is 24.6 Å². The van der Waals surface area contributed by atoms with Gasteiger partial charge in [0.15, 0.2) is 0 Å². The molecule has 1 aromatic carbocycles. The monoisotopic (exact) mass is 517 g/mol. The number of aromatic nitrogens is 1. The third-order valence-electron chi connectivity index (χ3n) is 7.28. The molecule has 0 saturated carbocycles. The number of phenols is 1. The number of benzene rings is 1. The van der Waals surface area contributed by atoms with Crippen LogP contribution in [0.4, 0.5) is 10.2 Å². The smallest absolute Gasteiger partial charge is 0.147 e. The fraction of sp³-hybridized carbons (Fsp3) is 0.538. The molecule has 2 aromatic rings. The number of nitrogens with zero attached hydrogens (tertiary/aromatic N) is 5. The highest BCUT2D eigenvalue weighted by Crippen LogP contribution is 2.30. The van der Waals surface area contributed by atoms with Crippen LogP contribution in [-0.2, 0) is 6.54 Å². The number of likely N-dealkylation sites (tertiary alicyclic amines) is 1. The van der Waals surface area contributed by atoms with Gasteiger partial charge in [-0.15, -0.1) is 0 Å². The van der Waals surface area contributed by atoms with Gasteiger partial charge in [-0.3, -0.25) is 14.8 Å². The Morgan fingerprint density at radius 2 is 2.00 bits per heavy atom. The molecule has 0 aliphatic carbocycles. The van der Waals surface area contributed by atoms with E-state index in [1.54, 1.807) is 18.3 Å². The Morgan fingerprint density at radius 1 is 1.22 bits per heavy atom. The summed E-state index contributed by atoms with van der Waals surface area (Å²) in [5.74, 6) is 0.811. The van der Waals surface area contributed by atoms with E-state index in [0.29, 0.717) is 53.7 Å². The van der Waals surface area contributed by atoms with E-state index in [2.05, 4.69) is 31.6 Å². The van der Waals surface area contributed by atoms with Crippen molar-refractivity contribution in [3.8, 4) is 5.75 Å². The number of piperidine rings is 1. The molecule has 2 aliphatic heterocycles. The number of aromatic hydroxyl groups is 1. The van der Waals surface area contributed by atoms with Crippen LogP contribution >= 0.6 is 11.6 Å². The number of anilines is 1. The standard InChI is InChI=1S/C26H37ClFN7O/c1-2-20-17-34(26-23(27)13-19(15-32-26)25(30)31-8-7-29)11-12-35(20)21-5-9-33(10-6-21)16-18-3-4-22(36)14-24(18)28/h3-4,13-15,20-21,36H,2,5-12,16-17,29H2,1H3,(H2,30,31). The van der Waals surface area contributed by atoms with Crippen LogP contribution in [0.25, 0.3) is 0 Å². The molecular weight excluding hydrogens is 481 g/mol. The molecule has 1 aromatic heterocycles. The summed E-state index contributed by atoms with van der Waals surface area (Å²) in [6.07, 6.45) is 4.90. The number of amidine groups is 1. The minimum Gasteiger partial charge on any atom is -0.508 e. The van der Waals surface area contributed by atoms with Gasteiger partial charge in [0, 0.05) is 68.2 Å². The molecule has 2 saturated heterocycles. The summed E-state index contributed by atoms with van der Waals surface area (Å²) in [5, 5.41) is 10.0. The number of piperazine rings is 1. The van der Waals surface area contributed by atoms with Crippen LogP contribution in [0.2, 0.25) is 5.02 Å². The Balaban J connectivity index is 1.34. The highest BCUT2D eigenvalue weighted by Gasteiger charge is 2.34. The molecule has 0 spiro atoms. The number of hydrogen-bond donors (Lipinski definition) is 3. The van der Waals surface area contributed by atoms with E-state index in [4.69, 9.17) is 23.1 Å². The number of rotatable bonds is 8. The highest BCUT2D eigenvalue weighted by molar-refractivity contribution is 6.33. The van der Waals surface area contributed by atoms with E-state index in [0.717, 1.165) is 57.8 Å². The van der Waals surface area contributed by atoms with Crippen molar-refractivity contribution < 1.29 is 9.50 Å². The number of nitrogens with two attached hydrogens (primary N) is 2. The maximum absolute atomic E-state index is 14.2. The number of phenolic OH excluding ortho intramolecular Hbond substituents is 1. The van der Waals surface area contributed by atoms with E-state index in [9.17, 15) is 9.50 Å². The van der Waals surface area contributed by atoms with Gasteiger partial charge in [-0.25, -0.2) is 9.37 Å². The molecule has 1 unspecified atom stereocenters. The van der Waals surface area contributed by atoms with Crippen LogP contribution in [0.3, 0.4) is 0 Å². The predicted molar refractivity (Wildman–Crippen MR) is 143 cm³/mol. The topological polar surface area (TPSA) is 107 Å². The van der Waals surface area contributed by atoms with Crippen molar-refractivity contribution in [1.82, 2.24) is 14.8 Å². The van der Waals surface area contributed by atoms with Gasteiger partial charge in [0.05, 0.1) is 11.6 Å². The van der Waals surface area contributed by atoms with Crippen molar-refractivity contribution in [3.05, 3.63) is 52.4 Å². The third kappa shape index (κ3) is 6.26. The molecule has 196 valence electrons. The third-order valence-corrected chi connectivity index (χ3v) is 7.56. The highest BCUT2D eigenvalue weighted by atomic mass is 35.5. The average Bonchev–Trinajstić information content (AvgIpc) is 2.89. The molecule has 4 rings (SSSR count). The van der Waals surface area contributed by atoms with Gasteiger partial charge in [-0.05, 0) is 44.5 Å². The lowest BCUT2D eigenvalue weighted by molar-refractivity contribution is 0.0607. The van der Waals surface area contributed by atoms with Gasteiger partial charge in [0.2, 0.25) is 0 Å². The summed E-state index contributed by atoms with van der Waals surface area (Å²) >= 11 is 6.62. The van der Waals surface area contributed by atoms with Crippen molar-refractivity contribution in [2.75, 3.05) is 50.7 Å². The number of aliphatic imine (C=N–C) groups is 1. The molecule has 8 nitrogen and oxygen atoms in total. The van der Waals surface area contributed by atoms with Crippen LogP contribution in [0.15, 0.2) is 35.5 Å². The molecule has 36 heavy (non-hydrogen) atoms. The summed E-state index contributed by atoms with van der Waals surface area (Å²) in [6, 6.07) is 7.18. The molecule has 0 amide bonds. The summed E-state index contributed by atoms with van der Waals surface area (Å²) in [7, 11) is 0. The van der Waals surface area contributed by atoms with Gasteiger partial charge in [0.1, 0.15) is 23.2 Å². The first-order chi connectivity index (χ1) is 17.4. The van der Waals surface area contributed by atoms with Gasteiger partial charge in [-0.2, -0.15) is 0 Å². The second kappa shape index (κ2) is 12.2. The van der Waals surface area contributed by atoms with Crippen molar-refractivity contribution in [2.24, 2.45) is 16.5 Å². The van der Waals surface area contributed by atoms with Gasteiger partial charge < -0.3 is 21.5 Å². The van der Waals surface area contributed by atoms with Crippen LogP contribution in [0.1, 0.15) is 37.3 Å². The zero-order valence-electron chi connectivity index (χ0n) is 20.9. The Kier molecular flexibility index (Phi) is 9.00. The molecular formula is C26H37ClFN7O. The normalized spacial score (nSPS) is 20.7. The molecule has 2 aliphatic rings. The van der Waals surface area contributed by atoms with Crippen LogP contribution in [-0.4, -0.2) is 83.6 Å². The predicted octanol–water partition coefficient (Wildman–Crippen LogP) is 2.81. The molecule has 5 N–H and O–H groups in total. The minimum absolute atomic E-state index is 0.0346. The van der Waals surface area contributed by atoms with Crippen LogP contribution in [0, 0.1) is 5.82 Å². The Morgan fingerprint density at radius 3 is 2.67 bits per heavy atom. The second-order valence-corrected chi connectivity index (χ2v) is 10.0. The first-order valence-corrected chi connectivity index (χ1v) is 13.1. The Bertz CT molecular complexity index is 1060. The lowest BCUT2D eigenvalue weighted by Gasteiger charge is -2.47. The van der Waals surface area contributed by atoms with Gasteiger partial charge >= 0.3 is 0 Å². The lowest BCUT2D eigenvalue weighted by Crippen LogP contribution is -2.58. The second-order valence-electron chi connectivity index (χ2n) is 9.61. The van der Waals surface area contributed by atoms with E-state index < -0.39 is 0 Å². The van der Waals surface area contributed by atoms with Crippen molar-refractivity contribution in [3.63, 3.8) is 0 Å². The SMILES string of the molecule is CCC1CN(c2ncc(C(N)=NCCN)cc2Cl)CCN1C1CCN(Cc2ccc(O)cc2F)CC1. The van der Waals surface area contributed by atoms with Crippen LogP contribution < -0.4 is 16.4 Å². The number of hydrogen-bond acceptors (Lipinski definition) is 7. The first kappa shape index (κ1) is 26.6. The maximum atomic E-state index is 14.2. The van der Waals surface area contributed by atoms with Crippen LogP contribution in [0.5, 0.6) is 5.75 Å². The van der Waals surface area contributed by atoms with Crippen molar-refractivity contribution in [2.45, 2.75) is 44.8 Å². The zero-order chi connectivity index (χ0) is 25.7. The molecule has 3 heterocycles. The largest absolute Gasteiger partial charge is 0.508 e. The maximum Gasteiger partial charge on any atom is 0.147 e. The summed E-state index contributed by atoms with van der Waals surface area (Å²) in [4.78, 5) is 16.1. The zero-order valence-corrected chi connectivity index (χ0v) is 21.7. The molecule has 10 heteroatoms. The average molecular weight is 518 g/mol. The van der Waals surface area contributed by atoms with E-state index in [1.807, 2.05) is 6.07 Å². The van der Waals surface area contributed by atoms with Crippen molar-refractivity contribution in [1.29, 1.82) is 0 Å². The Labute approximate surface area is 217 Å². The summed E-state index contributed by atoms with van der Waals surface area (Å²) < 4.78 is 14.2. The number of pyridine rings is 1. The van der Waals surface area contributed by atoms with E-state index in [-0.39, 0.29) is 11.6 Å². The minimum atomic E-state index is -0.342. The summed E-state index contributed by atoms with van der Waals surface area (Å²) in [6.45, 7) is 8.28. The molecule has 0 bridgehead atoms. The fourth-order valence-corrected chi connectivity index (χ4v) is 5.59. The molecule has 0 radical (unpaired) electrons. The first-order valence-electron chi connectivity index (χ1n) is 12.8. The van der Waals surface area contributed by atoms with E-state index in [1.165, 1.54) is 6.07 Å². The van der Waals surface area contributed by atoms with Crippen molar-refractivity contribution >= 4 is 23.3 Å². The quantitative estimate of drug-likeness (QED) is 0.365. The molecule has 1 atom stereocenters. The lowest BCUT2D eigenvalue weighted by atomic mass is 9.97. The fourth-order valence-electron chi connectivity index (χ4n) is 5.30. The van der Waals surface area contributed by atoms with E-state index >= 15 is 0 Å². The molecule has 2 fully saturated rings. The number of halogens is 2. The Hall–Kier alpha value is -2.46. The van der Waals surface area contributed by atoms with Gasteiger partial charge in [0.25, 0.3) is 0 Å².